The van der Waals surface area contributed by atoms with Gasteiger partial charge in [0.05, 0.1) is 31.3 Å². The minimum absolute atomic E-state index is 0.114. The molecule has 1 aliphatic rings. The predicted molar refractivity (Wildman–Crippen MR) is 72.6 cm³/mol. The molecule has 0 aliphatic carbocycles. The third-order valence-corrected chi connectivity index (χ3v) is 3.77. The zero-order valence-corrected chi connectivity index (χ0v) is 12.1. The summed E-state index contributed by atoms with van der Waals surface area (Å²) in [4.78, 5) is 23.0. The number of carbonyl (C=O) groups is 2. The first kappa shape index (κ1) is 16.7. The fourth-order valence-electron chi connectivity index (χ4n) is 2.05. The summed E-state index contributed by atoms with van der Waals surface area (Å²) < 4.78 is 10.6. The molecule has 2 amide bonds. The highest BCUT2D eigenvalue weighted by Crippen LogP contribution is 2.25. The van der Waals surface area contributed by atoms with Crippen LogP contribution in [-0.2, 0) is 14.3 Å². The molecule has 1 saturated heterocycles. The number of aliphatic carboxylic acids is 1. The molecule has 1 rings (SSSR count). The number of carboxylic acid groups (broad SMARTS) is 1. The number of rotatable bonds is 7. The third kappa shape index (κ3) is 4.64. The molecule has 0 aromatic heterocycles. The fraction of sp³-hybridized carbons (Fsp3) is 0.846. The van der Waals surface area contributed by atoms with E-state index in [4.69, 9.17) is 9.47 Å². The highest BCUT2D eigenvalue weighted by molar-refractivity contribution is 5.78. The Balaban J connectivity index is 2.32. The van der Waals surface area contributed by atoms with Gasteiger partial charge in [0.25, 0.3) is 0 Å². The molecular formula is C13H24N2O5. The number of urea groups is 1. The van der Waals surface area contributed by atoms with E-state index in [0.717, 1.165) is 0 Å². The van der Waals surface area contributed by atoms with E-state index in [1.807, 2.05) is 13.8 Å². The Kier molecular flexibility index (Phi) is 6.74. The van der Waals surface area contributed by atoms with Crippen LogP contribution in [0, 0.1) is 5.41 Å². The molecule has 20 heavy (non-hydrogen) atoms. The average molecular weight is 288 g/mol. The minimum atomic E-state index is -0.901. The van der Waals surface area contributed by atoms with E-state index in [1.165, 1.54) is 0 Å². The van der Waals surface area contributed by atoms with Crippen LogP contribution in [-0.4, -0.2) is 56.1 Å². The van der Waals surface area contributed by atoms with Crippen LogP contribution in [0.5, 0.6) is 0 Å². The molecule has 0 spiro atoms. The molecule has 1 fully saturated rings. The summed E-state index contributed by atoms with van der Waals surface area (Å²) >= 11 is 0. The van der Waals surface area contributed by atoms with Gasteiger partial charge in [-0.2, -0.15) is 0 Å². The first-order valence-corrected chi connectivity index (χ1v) is 6.98. The van der Waals surface area contributed by atoms with Gasteiger partial charge in [-0.05, 0) is 12.8 Å². The van der Waals surface area contributed by atoms with Crippen LogP contribution in [0.3, 0.4) is 0 Å². The molecule has 7 nitrogen and oxygen atoms in total. The SMILES string of the molecule is CCC(CC)(CNC(=O)NCC1COCCO1)C(=O)O. The van der Waals surface area contributed by atoms with Crippen LogP contribution >= 0.6 is 0 Å². The van der Waals surface area contributed by atoms with E-state index in [2.05, 4.69) is 10.6 Å². The van der Waals surface area contributed by atoms with E-state index in [9.17, 15) is 14.7 Å². The molecule has 1 unspecified atom stereocenters. The van der Waals surface area contributed by atoms with E-state index < -0.39 is 11.4 Å². The lowest BCUT2D eigenvalue weighted by Crippen LogP contribution is -2.48. The molecule has 1 atom stereocenters. The highest BCUT2D eigenvalue weighted by atomic mass is 16.6. The Labute approximate surface area is 119 Å². The quantitative estimate of drug-likeness (QED) is 0.637. The van der Waals surface area contributed by atoms with Crippen molar-refractivity contribution < 1.29 is 24.2 Å². The zero-order valence-electron chi connectivity index (χ0n) is 12.1. The lowest BCUT2D eigenvalue weighted by Gasteiger charge is -2.27. The number of hydrogen-bond donors (Lipinski definition) is 3. The van der Waals surface area contributed by atoms with Crippen molar-refractivity contribution >= 4 is 12.0 Å². The summed E-state index contributed by atoms with van der Waals surface area (Å²) in [5, 5.41) is 14.5. The summed E-state index contributed by atoms with van der Waals surface area (Å²) in [6.45, 7) is 5.66. The van der Waals surface area contributed by atoms with Crippen LogP contribution in [0.1, 0.15) is 26.7 Å². The lowest BCUT2D eigenvalue weighted by atomic mass is 9.82. The van der Waals surface area contributed by atoms with Crippen molar-refractivity contribution in [1.29, 1.82) is 0 Å². The van der Waals surface area contributed by atoms with E-state index >= 15 is 0 Å². The van der Waals surface area contributed by atoms with E-state index in [-0.39, 0.29) is 18.7 Å². The predicted octanol–water partition coefficient (Wildman–Crippen LogP) is 0.592. The van der Waals surface area contributed by atoms with Crippen molar-refractivity contribution in [2.24, 2.45) is 5.41 Å². The van der Waals surface area contributed by atoms with Gasteiger partial charge >= 0.3 is 12.0 Å². The monoisotopic (exact) mass is 288 g/mol. The van der Waals surface area contributed by atoms with Gasteiger partial charge in [-0.25, -0.2) is 4.79 Å². The molecular weight excluding hydrogens is 264 g/mol. The molecule has 0 saturated carbocycles. The maximum absolute atomic E-state index is 11.7. The first-order valence-electron chi connectivity index (χ1n) is 6.98. The van der Waals surface area contributed by atoms with Gasteiger partial charge < -0.3 is 25.2 Å². The summed E-state index contributed by atoms with van der Waals surface area (Å²) in [6.07, 6.45) is 0.799. The van der Waals surface area contributed by atoms with Crippen LogP contribution in [0.2, 0.25) is 0 Å². The molecule has 0 radical (unpaired) electrons. The maximum atomic E-state index is 11.7. The molecule has 3 N–H and O–H groups in total. The second kappa shape index (κ2) is 8.06. The largest absolute Gasteiger partial charge is 0.481 e. The standard InChI is InChI=1S/C13H24N2O5/c1-3-13(4-2,11(16)17)9-15-12(18)14-7-10-8-19-5-6-20-10/h10H,3-9H2,1-2H3,(H,16,17)(H2,14,15,18). The van der Waals surface area contributed by atoms with Crippen molar-refractivity contribution in [3.8, 4) is 0 Å². The number of carbonyl (C=O) groups excluding carboxylic acids is 1. The number of carboxylic acids is 1. The van der Waals surface area contributed by atoms with Gasteiger partial charge in [-0.1, -0.05) is 13.8 Å². The lowest BCUT2D eigenvalue weighted by molar-refractivity contribution is -0.149. The maximum Gasteiger partial charge on any atom is 0.314 e. The minimum Gasteiger partial charge on any atom is -0.481 e. The molecule has 7 heteroatoms. The van der Waals surface area contributed by atoms with Gasteiger partial charge in [0.1, 0.15) is 0 Å². The third-order valence-electron chi connectivity index (χ3n) is 3.77. The number of nitrogens with one attached hydrogen (secondary N) is 2. The van der Waals surface area contributed by atoms with Crippen LogP contribution < -0.4 is 10.6 Å². The zero-order chi connectivity index (χ0) is 15.0. The topological polar surface area (TPSA) is 96.9 Å². The van der Waals surface area contributed by atoms with Crippen molar-refractivity contribution in [1.82, 2.24) is 10.6 Å². The van der Waals surface area contributed by atoms with Gasteiger partial charge in [0.15, 0.2) is 0 Å². The molecule has 116 valence electrons. The molecule has 0 aromatic rings. The fourth-order valence-corrected chi connectivity index (χ4v) is 2.05. The second-order valence-corrected chi connectivity index (χ2v) is 4.92. The summed E-state index contributed by atoms with van der Waals surface area (Å²) in [5.41, 5.74) is -0.901. The van der Waals surface area contributed by atoms with Crippen LogP contribution in [0.15, 0.2) is 0 Å². The Bertz CT molecular complexity index is 325. The Hall–Kier alpha value is -1.34. The highest BCUT2D eigenvalue weighted by Gasteiger charge is 2.35. The number of ether oxygens (including phenoxy) is 2. The summed E-state index contributed by atoms with van der Waals surface area (Å²) in [6, 6.07) is -0.383. The second-order valence-electron chi connectivity index (χ2n) is 4.92. The molecule has 1 aliphatic heterocycles. The van der Waals surface area contributed by atoms with Crippen molar-refractivity contribution in [2.75, 3.05) is 32.9 Å². The Morgan fingerprint density at radius 1 is 1.25 bits per heavy atom. The first-order chi connectivity index (χ1) is 9.54. The van der Waals surface area contributed by atoms with Gasteiger partial charge in [0.2, 0.25) is 0 Å². The van der Waals surface area contributed by atoms with Crippen molar-refractivity contribution in [3.63, 3.8) is 0 Å². The smallest absolute Gasteiger partial charge is 0.314 e. The number of hydrogen-bond acceptors (Lipinski definition) is 4. The average Bonchev–Trinajstić information content (AvgIpc) is 2.47. The Morgan fingerprint density at radius 2 is 1.95 bits per heavy atom. The van der Waals surface area contributed by atoms with E-state index in [0.29, 0.717) is 39.2 Å². The molecule has 1 heterocycles. The van der Waals surface area contributed by atoms with Gasteiger partial charge in [-0.3, -0.25) is 4.79 Å². The van der Waals surface area contributed by atoms with Crippen LogP contribution in [0.4, 0.5) is 4.79 Å². The Morgan fingerprint density at radius 3 is 2.45 bits per heavy atom. The van der Waals surface area contributed by atoms with Crippen molar-refractivity contribution in [2.45, 2.75) is 32.8 Å². The summed E-state index contributed by atoms with van der Waals surface area (Å²) in [5.74, 6) is -0.883. The molecule has 0 aromatic carbocycles. The molecule has 0 bridgehead atoms. The van der Waals surface area contributed by atoms with Crippen LogP contribution in [0.25, 0.3) is 0 Å². The van der Waals surface area contributed by atoms with Gasteiger partial charge in [-0.15, -0.1) is 0 Å². The van der Waals surface area contributed by atoms with E-state index in [1.54, 1.807) is 0 Å². The van der Waals surface area contributed by atoms with Gasteiger partial charge in [0, 0.05) is 13.1 Å². The van der Waals surface area contributed by atoms with Crippen molar-refractivity contribution in [3.05, 3.63) is 0 Å². The normalized spacial score (nSPS) is 19.4. The summed E-state index contributed by atoms with van der Waals surface area (Å²) in [7, 11) is 0. The number of amides is 2.